The standard InChI is InChI=1S/C18H19N5O/c1-23(2)18(24)15-10-6-7-13(11-15)12-16(17-19-21-22-20-17)14-8-4-3-5-9-14/h3-11,16H,12H2,1-2H3,(H,19,20,21,22). The van der Waals surface area contributed by atoms with Crippen LogP contribution < -0.4 is 0 Å². The van der Waals surface area contributed by atoms with Gasteiger partial charge >= 0.3 is 0 Å². The van der Waals surface area contributed by atoms with Crippen molar-refractivity contribution in [3.05, 3.63) is 77.1 Å². The molecule has 3 aromatic rings. The highest BCUT2D eigenvalue weighted by atomic mass is 16.2. The Morgan fingerprint density at radius 2 is 1.92 bits per heavy atom. The van der Waals surface area contributed by atoms with Crippen molar-refractivity contribution in [1.29, 1.82) is 0 Å². The number of aromatic nitrogens is 4. The van der Waals surface area contributed by atoms with Crippen LogP contribution in [0.4, 0.5) is 0 Å². The molecule has 0 spiro atoms. The molecule has 1 aromatic heterocycles. The van der Waals surface area contributed by atoms with Crippen LogP contribution in [0.15, 0.2) is 54.6 Å². The molecular formula is C18H19N5O. The third kappa shape index (κ3) is 3.48. The van der Waals surface area contributed by atoms with E-state index in [1.165, 1.54) is 0 Å². The number of benzene rings is 2. The first-order valence-corrected chi connectivity index (χ1v) is 7.74. The van der Waals surface area contributed by atoms with Gasteiger partial charge in [0.05, 0.1) is 5.92 Å². The molecule has 0 aliphatic heterocycles. The highest BCUT2D eigenvalue weighted by Crippen LogP contribution is 2.26. The fourth-order valence-corrected chi connectivity index (χ4v) is 2.69. The van der Waals surface area contributed by atoms with Crippen LogP contribution in [0.2, 0.25) is 0 Å². The van der Waals surface area contributed by atoms with Crippen LogP contribution in [-0.4, -0.2) is 45.5 Å². The van der Waals surface area contributed by atoms with Crippen molar-refractivity contribution in [2.75, 3.05) is 14.1 Å². The van der Waals surface area contributed by atoms with E-state index in [9.17, 15) is 4.79 Å². The zero-order chi connectivity index (χ0) is 16.9. The quantitative estimate of drug-likeness (QED) is 0.782. The van der Waals surface area contributed by atoms with Gasteiger partial charge in [-0.3, -0.25) is 4.79 Å². The van der Waals surface area contributed by atoms with Crippen LogP contribution in [0.5, 0.6) is 0 Å². The highest BCUT2D eigenvalue weighted by molar-refractivity contribution is 5.94. The summed E-state index contributed by atoms with van der Waals surface area (Å²) in [5.74, 6) is 0.618. The van der Waals surface area contributed by atoms with Gasteiger partial charge in [0.1, 0.15) is 0 Å². The number of hydrogen-bond donors (Lipinski definition) is 1. The van der Waals surface area contributed by atoms with Gasteiger partial charge in [-0.15, -0.1) is 10.2 Å². The van der Waals surface area contributed by atoms with Crippen molar-refractivity contribution >= 4 is 5.91 Å². The number of aromatic amines is 1. The minimum absolute atomic E-state index is 0.00678. The van der Waals surface area contributed by atoms with Crippen LogP contribution in [0.1, 0.15) is 33.2 Å². The molecule has 122 valence electrons. The Morgan fingerprint density at radius 1 is 1.12 bits per heavy atom. The molecule has 6 nitrogen and oxygen atoms in total. The first kappa shape index (κ1) is 15.9. The van der Waals surface area contributed by atoms with Crippen molar-refractivity contribution in [3.8, 4) is 0 Å². The monoisotopic (exact) mass is 321 g/mol. The maximum Gasteiger partial charge on any atom is 0.253 e. The normalized spacial score (nSPS) is 11.9. The van der Waals surface area contributed by atoms with Crippen molar-refractivity contribution < 1.29 is 4.79 Å². The molecule has 1 unspecified atom stereocenters. The average molecular weight is 321 g/mol. The van der Waals surface area contributed by atoms with E-state index in [0.717, 1.165) is 11.1 Å². The molecule has 24 heavy (non-hydrogen) atoms. The maximum absolute atomic E-state index is 12.2. The zero-order valence-electron chi connectivity index (χ0n) is 13.7. The first-order valence-electron chi connectivity index (χ1n) is 7.74. The lowest BCUT2D eigenvalue weighted by molar-refractivity contribution is 0.0827. The van der Waals surface area contributed by atoms with Crippen molar-refractivity contribution in [1.82, 2.24) is 25.5 Å². The van der Waals surface area contributed by atoms with E-state index in [4.69, 9.17) is 0 Å². The van der Waals surface area contributed by atoms with Gasteiger partial charge in [0, 0.05) is 19.7 Å². The SMILES string of the molecule is CN(C)C(=O)c1cccc(CC(c2ccccc2)c2nn[nH]n2)c1. The third-order valence-electron chi connectivity index (χ3n) is 3.90. The van der Waals surface area contributed by atoms with Gasteiger partial charge in [-0.1, -0.05) is 47.7 Å². The predicted molar refractivity (Wildman–Crippen MR) is 90.6 cm³/mol. The van der Waals surface area contributed by atoms with Crippen molar-refractivity contribution in [3.63, 3.8) is 0 Å². The Kier molecular flexibility index (Phi) is 4.65. The molecule has 2 aromatic carbocycles. The molecule has 1 atom stereocenters. The summed E-state index contributed by atoms with van der Waals surface area (Å²) in [4.78, 5) is 13.7. The number of carbonyl (C=O) groups is 1. The molecular weight excluding hydrogens is 302 g/mol. The van der Waals surface area contributed by atoms with Gasteiger partial charge < -0.3 is 4.90 Å². The third-order valence-corrected chi connectivity index (χ3v) is 3.90. The molecule has 0 aliphatic rings. The Labute approximate surface area is 140 Å². The van der Waals surface area contributed by atoms with Crippen molar-refractivity contribution in [2.45, 2.75) is 12.3 Å². The number of tetrazole rings is 1. The summed E-state index contributed by atoms with van der Waals surface area (Å²) in [5, 5.41) is 14.5. The number of amides is 1. The van der Waals surface area contributed by atoms with Crippen LogP contribution in [-0.2, 0) is 6.42 Å². The summed E-state index contributed by atoms with van der Waals surface area (Å²) >= 11 is 0. The Balaban J connectivity index is 1.91. The van der Waals surface area contributed by atoms with Gasteiger partial charge in [0.15, 0.2) is 5.82 Å². The summed E-state index contributed by atoms with van der Waals surface area (Å²) in [5.41, 5.74) is 2.85. The van der Waals surface area contributed by atoms with Gasteiger partial charge in [0.2, 0.25) is 0 Å². The molecule has 0 saturated heterocycles. The molecule has 6 heteroatoms. The number of carbonyl (C=O) groups excluding carboxylic acids is 1. The second-order valence-electron chi connectivity index (χ2n) is 5.84. The Hall–Kier alpha value is -3.02. The molecule has 1 heterocycles. The first-order chi connectivity index (χ1) is 11.6. The van der Waals surface area contributed by atoms with E-state index in [1.807, 2.05) is 42.5 Å². The summed E-state index contributed by atoms with van der Waals surface area (Å²) in [7, 11) is 3.50. The van der Waals surface area contributed by atoms with Crippen LogP contribution in [0.25, 0.3) is 0 Å². The van der Waals surface area contributed by atoms with Crippen molar-refractivity contribution in [2.24, 2.45) is 0 Å². The topological polar surface area (TPSA) is 74.8 Å². The molecule has 0 fully saturated rings. The van der Waals surface area contributed by atoms with E-state index in [0.29, 0.717) is 17.8 Å². The molecule has 1 N–H and O–H groups in total. The lowest BCUT2D eigenvalue weighted by atomic mass is 9.91. The molecule has 3 rings (SSSR count). The van der Waals surface area contributed by atoms with E-state index < -0.39 is 0 Å². The van der Waals surface area contributed by atoms with E-state index in [1.54, 1.807) is 19.0 Å². The van der Waals surface area contributed by atoms with Crippen LogP contribution in [0.3, 0.4) is 0 Å². The summed E-state index contributed by atoms with van der Waals surface area (Å²) in [6.45, 7) is 0. The lowest BCUT2D eigenvalue weighted by Crippen LogP contribution is -2.21. The summed E-state index contributed by atoms with van der Waals surface area (Å²) in [6.07, 6.45) is 0.693. The molecule has 0 aliphatic carbocycles. The fraction of sp³-hybridized carbons (Fsp3) is 0.222. The summed E-state index contributed by atoms with van der Waals surface area (Å²) < 4.78 is 0. The lowest BCUT2D eigenvalue weighted by Gasteiger charge is -2.15. The predicted octanol–water partition coefficient (Wildman–Crippen LogP) is 2.28. The van der Waals surface area contributed by atoms with Crippen LogP contribution >= 0.6 is 0 Å². The second kappa shape index (κ2) is 7.04. The average Bonchev–Trinajstić information content (AvgIpc) is 3.14. The molecule has 0 bridgehead atoms. The Bertz CT molecular complexity index is 799. The minimum Gasteiger partial charge on any atom is -0.345 e. The largest absolute Gasteiger partial charge is 0.345 e. The summed E-state index contributed by atoms with van der Waals surface area (Å²) in [6, 6.07) is 17.8. The number of H-pyrrole nitrogens is 1. The van der Waals surface area contributed by atoms with Gasteiger partial charge in [-0.2, -0.15) is 5.21 Å². The number of nitrogens with zero attached hydrogens (tertiary/aromatic N) is 4. The number of nitrogens with one attached hydrogen (secondary N) is 1. The zero-order valence-corrected chi connectivity index (χ0v) is 13.7. The maximum atomic E-state index is 12.2. The fourth-order valence-electron chi connectivity index (χ4n) is 2.69. The number of hydrogen-bond acceptors (Lipinski definition) is 4. The minimum atomic E-state index is -0.0188. The van der Waals surface area contributed by atoms with Gasteiger partial charge in [-0.25, -0.2) is 0 Å². The molecule has 0 saturated carbocycles. The number of rotatable bonds is 5. The second-order valence-corrected chi connectivity index (χ2v) is 5.84. The Morgan fingerprint density at radius 3 is 2.58 bits per heavy atom. The van der Waals surface area contributed by atoms with E-state index in [-0.39, 0.29) is 11.8 Å². The smallest absolute Gasteiger partial charge is 0.253 e. The van der Waals surface area contributed by atoms with Gasteiger partial charge in [0.25, 0.3) is 5.91 Å². The molecule has 1 amide bonds. The van der Waals surface area contributed by atoms with Crippen LogP contribution in [0, 0.1) is 0 Å². The molecule has 0 radical (unpaired) electrons. The highest BCUT2D eigenvalue weighted by Gasteiger charge is 2.20. The van der Waals surface area contributed by atoms with E-state index in [2.05, 4.69) is 32.8 Å². The van der Waals surface area contributed by atoms with Gasteiger partial charge in [-0.05, 0) is 29.7 Å². The van der Waals surface area contributed by atoms with E-state index >= 15 is 0 Å².